The highest BCUT2D eigenvalue weighted by molar-refractivity contribution is 7.98. The number of hydrogen-bond acceptors (Lipinski definition) is 5. The summed E-state index contributed by atoms with van der Waals surface area (Å²) in [6, 6.07) is 18.9. The molecule has 0 atom stereocenters. The second-order valence-corrected chi connectivity index (χ2v) is 9.36. The van der Waals surface area contributed by atoms with E-state index >= 15 is 0 Å². The number of ether oxygens (including phenoxy) is 1. The van der Waals surface area contributed by atoms with Crippen molar-refractivity contribution >= 4 is 28.6 Å². The van der Waals surface area contributed by atoms with E-state index in [1.165, 1.54) is 34.0 Å². The maximum absolute atomic E-state index is 13.6. The highest BCUT2D eigenvalue weighted by Gasteiger charge is 2.20. The summed E-state index contributed by atoms with van der Waals surface area (Å²) >= 11 is 1.42. The summed E-state index contributed by atoms with van der Waals surface area (Å²) in [5, 5.41) is 0.873. The number of carbonyl (C=O) groups excluding carboxylic acids is 1. The lowest BCUT2D eigenvalue weighted by Gasteiger charge is -2.26. The summed E-state index contributed by atoms with van der Waals surface area (Å²) in [7, 11) is 0. The van der Waals surface area contributed by atoms with Crippen LogP contribution in [0.3, 0.4) is 0 Å². The zero-order valence-corrected chi connectivity index (χ0v) is 20.1. The van der Waals surface area contributed by atoms with Crippen LogP contribution in [0.2, 0.25) is 0 Å². The molecule has 0 bridgehead atoms. The number of amides is 1. The Bertz CT molecular complexity index is 1430. The minimum Gasteiger partial charge on any atom is -0.378 e. The molecule has 0 radical (unpaired) electrons. The van der Waals surface area contributed by atoms with Gasteiger partial charge in [-0.15, -0.1) is 0 Å². The van der Waals surface area contributed by atoms with Crippen molar-refractivity contribution in [3.63, 3.8) is 0 Å². The van der Waals surface area contributed by atoms with Gasteiger partial charge >= 0.3 is 0 Å². The quantitative estimate of drug-likeness (QED) is 0.303. The van der Waals surface area contributed by atoms with Crippen molar-refractivity contribution < 1.29 is 13.9 Å². The largest absolute Gasteiger partial charge is 0.378 e. The first-order chi connectivity index (χ1) is 17.0. The van der Waals surface area contributed by atoms with Crippen molar-refractivity contribution in [2.45, 2.75) is 17.8 Å². The van der Waals surface area contributed by atoms with Gasteiger partial charge in [0.05, 0.1) is 29.8 Å². The van der Waals surface area contributed by atoms with Crippen LogP contribution in [0.15, 0.2) is 76.7 Å². The lowest BCUT2D eigenvalue weighted by Crippen LogP contribution is -2.40. The summed E-state index contributed by atoms with van der Waals surface area (Å²) in [6.07, 6.45) is 0. The standard InChI is InChI=1S/C27H24FN3O3S/c1-18-2-4-19(5-3-18)17-35-27-29-24-16-20(25(32)30-12-14-34-15-13-30)6-11-23(24)26(33)31(27)22-9-7-21(28)8-10-22/h2-11,16H,12-15,17H2,1H3. The van der Waals surface area contributed by atoms with E-state index in [-0.39, 0.29) is 17.3 Å². The molecule has 8 heteroatoms. The van der Waals surface area contributed by atoms with Gasteiger partial charge in [-0.2, -0.15) is 0 Å². The Labute approximate surface area is 206 Å². The van der Waals surface area contributed by atoms with Crippen molar-refractivity contribution in [1.29, 1.82) is 0 Å². The Balaban J connectivity index is 1.57. The molecule has 35 heavy (non-hydrogen) atoms. The van der Waals surface area contributed by atoms with E-state index in [2.05, 4.69) is 0 Å². The lowest BCUT2D eigenvalue weighted by molar-refractivity contribution is 0.0303. The fourth-order valence-corrected chi connectivity index (χ4v) is 4.96. The van der Waals surface area contributed by atoms with Crippen LogP contribution < -0.4 is 5.56 Å². The monoisotopic (exact) mass is 489 g/mol. The summed E-state index contributed by atoms with van der Waals surface area (Å²) in [6.45, 7) is 4.13. The molecule has 3 aromatic carbocycles. The highest BCUT2D eigenvalue weighted by atomic mass is 32.2. The van der Waals surface area contributed by atoms with Gasteiger partial charge in [0.2, 0.25) is 0 Å². The number of morpholine rings is 1. The summed E-state index contributed by atoms with van der Waals surface area (Å²) in [5.74, 6) is 0.121. The van der Waals surface area contributed by atoms with Gasteiger partial charge in [0.1, 0.15) is 5.82 Å². The highest BCUT2D eigenvalue weighted by Crippen LogP contribution is 2.26. The van der Waals surface area contributed by atoms with Crippen molar-refractivity contribution in [1.82, 2.24) is 14.5 Å². The number of aromatic nitrogens is 2. The van der Waals surface area contributed by atoms with Gasteiger partial charge in [-0.25, -0.2) is 9.37 Å². The molecular formula is C27H24FN3O3S. The minimum absolute atomic E-state index is 0.103. The molecule has 0 N–H and O–H groups in total. The number of aryl methyl sites for hydroxylation is 1. The molecule has 1 aliphatic rings. The molecule has 0 spiro atoms. The molecule has 1 amide bonds. The van der Waals surface area contributed by atoms with E-state index in [0.717, 1.165) is 5.56 Å². The van der Waals surface area contributed by atoms with E-state index in [0.29, 0.717) is 59.4 Å². The first-order valence-electron chi connectivity index (χ1n) is 11.4. The van der Waals surface area contributed by atoms with E-state index in [9.17, 15) is 14.0 Å². The molecule has 6 nitrogen and oxygen atoms in total. The van der Waals surface area contributed by atoms with Gasteiger partial charge < -0.3 is 9.64 Å². The number of thioether (sulfide) groups is 1. The van der Waals surface area contributed by atoms with Gasteiger partial charge in [0.15, 0.2) is 5.16 Å². The van der Waals surface area contributed by atoms with Crippen LogP contribution >= 0.6 is 11.8 Å². The Morgan fingerprint density at radius 2 is 1.74 bits per heavy atom. The van der Waals surface area contributed by atoms with Crippen LogP contribution in [0, 0.1) is 12.7 Å². The van der Waals surface area contributed by atoms with E-state index in [4.69, 9.17) is 9.72 Å². The lowest BCUT2D eigenvalue weighted by atomic mass is 10.1. The predicted octanol–water partition coefficient (Wildman–Crippen LogP) is 4.60. The fourth-order valence-electron chi connectivity index (χ4n) is 3.99. The van der Waals surface area contributed by atoms with Crippen LogP contribution in [0.1, 0.15) is 21.5 Å². The summed E-state index contributed by atoms with van der Waals surface area (Å²) < 4.78 is 20.4. The van der Waals surface area contributed by atoms with Crippen molar-refractivity contribution in [2.75, 3.05) is 26.3 Å². The molecule has 4 aromatic rings. The minimum atomic E-state index is -0.379. The first-order valence-corrected chi connectivity index (χ1v) is 12.4. The third-order valence-corrected chi connectivity index (χ3v) is 6.97. The molecule has 1 fully saturated rings. The maximum atomic E-state index is 13.6. The fraction of sp³-hybridized carbons (Fsp3) is 0.222. The van der Waals surface area contributed by atoms with Crippen LogP contribution in [0.4, 0.5) is 4.39 Å². The summed E-state index contributed by atoms with van der Waals surface area (Å²) in [4.78, 5) is 33.1. The second kappa shape index (κ2) is 10.0. The van der Waals surface area contributed by atoms with Crippen LogP contribution in [-0.4, -0.2) is 46.7 Å². The molecule has 1 aromatic heterocycles. The van der Waals surface area contributed by atoms with E-state index in [1.807, 2.05) is 31.2 Å². The Hall–Kier alpha value is -3.49. The first kappa shape index (κ1) is 23.3. The maximum Gasteiger partial charge on any atom is 0.266 e. The van der Waals surface area contributed by atoms with Crippen molar-refractivity contribution in [3.05, 3.63) is 99.6 Å². The second-order valence-electron chi connectivity index (χ2n) is 8.42. The van der Waals surface area contributed by atoms with Gasteiger partial charge in [-0.1, -0.05) is 41.6 Å². The molecular weight excluding hydrogens is 465 g/mol. The number of rotatable bonds is 5. The Morgan fingerprint density at radius 1 is 1.03 bits per heavy atom. The number of carbonyl (C=O) groups is 1. The Kier molecular flexibility index (Phi) is 6.66. The number of halogens is 1. The predicted molar refractivity (Wildman–Crippen MR) is 135 cm³/mol. The van der Waals surface area contributed by atoms with Crippen molar-refractivity contribution in [2.24, 2.45) is 0 Å². The van der Waals surface area contributed by atoms with Gasteiger partial charge in [-0.05, 0) is 55.0 Å². The third-order valence-electron chi connectivity index (χ3n) is 5.96. The summed E-state index contributed by atoms with van der Waals surface area (Å²) in [5.41, 5.74) is 3.48. The van der Waals surface area contributed by atoms with Gasteiger partial charge in [0.25, 0.3) is 11.5 Å². The van der Waals surface area contributed by atoms with Crippen LogP contribution in [0.25, 0.3) is 16.6 Å². The van der Waals surface area contributed by atoms with Gasteiger partial charge in [0, 0.05) is 24.4 Å². The number of hydrogen-bond donors (Lipinski definition) is 0. The zero-order chi connectivity index (χ0) is 24.4. The molecule has 2 heterocycles. The third kappa shape index (κ3) is 4.99. The molecule has 0 unspecified atom stereocenters. The average molecular weight is 490 g/mol. The van der Waals surface area contributed by atoms with E-state index in [1.54, 1.807) is 35.2 Å². The van der Waals surface area contributed by atoms with Crippen LogP contribution in [-0.2, 0) is 10.5 Å². The molecule has 1 saturated heterocycles. The smallest absolute Gasteiger partial charge is 0.266 e. The number of benzene rings is 3. The molecule has 0 saturated carbocycles. The number of nitrogens with zero attached hydrogens (tertiary/aromatic N) is 3. The molecule has 5 rings (SSSR count). The molecule has 178 valence electrons. The molecule has 0 aliphatic carbocycles. The zero-order valence-electron chi connectivity index (χ0n) is 19.2. The van der Waals surface area contributed by atoms with E-state index < -0.39 is 0 Å². The SMILES string of the molecule is Cc1ccc(CSc2nc3cc(C(=O)N4CCOCC4)ccc3c(=O)n2-c2ccc(F)cc2)cc1. The average Bonchev–Trinajstić information content (AvgIpc) is 2.89. The topological polar surface area (TPSA) is 64.4 Å². The Morgan fingerprint density at radius 3 is 2.46 bits per heavy atom. The van der Waals surface area contributed by atoms with Gasteiger partial charge in [-0.3, -0.25) is 14.2 Å². The van der Waals surface area contributed by atoms with Crippen LogP contribution in [0.5, 0.6) is 0 Å². The normalized spacial score (nSPS) is 13.8. The van der Waals surface area contributed by atoms with Crippen molar-refractivity contribution in [3.8, 4) is 5.69 Å². The number of fused-ring (bicyclic) bond motifs is 1. The molecule has 1 aliphatic heterocycles.